The highest BCUT2D eigenvalue weighted by Crippen LogP contribution is 2.26. The highest BCUT2D eigenvalue weighted by molar-refractivity contribution is 7.92. The van der Waals surface area contributed by atoms with Crippen LogP contribution in [0.2, 0.25) is 0 Å². The van der Waals surface area contributed by atoms with Crippen LogP contribution in [0.4, 0.5) is 0 Å². The molecule has 0 heterocycles. The Hall–Kier alpha value is -2.52. The van der Waals surface area contributed by atoms with Gasteiger partial charge in [-0.05, 0) is 55.8 Å². The van der Waals surface area contributed by atoms with E-state index in [0.717, 1.165) is 11.1 Å². The van der Waals surface area contributed by atoms with Crippen molar-refractivity contribution in [1.29, 1.82) is 0 Å². The predicted octanol–water partition coefficient (Wildman–Crippen LogP) is 2.89. The third-order valence-corrected chi connectivity index (χ3v) is 8.69. The Morgan fingerprint density at radius 1 is 0.600 bits per heavy atom. The lowest BCUT2D eigenvalue weighted by molar-refractivity contribution is 0.558. The van der Waals surface area contributed by atoms with E-state index in [4.69, 9.17) is 11.5 Å². The fourth-order valence-electron chi connectivity index (χ4n) is 2.99. The lowest BCUT2D eigenvalue weighted by Crippen LogP contribution is -2.40. The second-order valence-electron chi connectivity index (χ2n) is 7.23. The van der Waals surface area contributed by atoms with E-state index in [1.165, 1.54) is 36.4 Å². The highest BCUT2D eigenvalue weighted by atomic mass is 32.2. The molecular weight excluding hydrogens is 420 g/mol. The maximum absolute atomic E-state index is 12.8. The van der Waals surface area contributed by atoms with Gasteiger partial charge in [-0.25, -0.2) is 16.8 Å². The minimum atomic E-state index is -3.85. The summed E-state index contributed by atoms with van der Waals surface area (Å²) >= 11 is 0. The van der Waals surface area contributed by atoms with Crippen molar-refractivity contribution in [3.05, 3.63) is 89.5 Å². The van der Waals surface area contributed by atoms with Crippen LogP contribution in [-0.2, 0) is 19.7 Å². The van der Waals surface area contributed by atoms with E-state index >= 15 is 0 Å². The van der Waals surface area contributed by atoms with Gasteiger partial charge in [-0.1, -0.05) is 47.5 Å². The first-order valence-electron chi connectivity index (χ1n) is 9.27. The Morgan fingerprint density at radius 3 is 1.40 bits per heavy atom. The monoisotopic (exact) mass is 444 g/mol. The fraction of sp³-hybridized carbons (Fsp3) is 0.182. The molecule has 2 atom stereocenters. The molecule has 4 N–H and O–H groups in total. The summed E-state index contributed by atoms with van der Waals surface area (Å²) in [6.07, 6.45) is 0. The van der Waals surface area contributed by atoms with Crippen LogP contribution in [0.5, 0.6) is 0 Å². The van der Waals surface area contributed by atoms with Crippen molar-refractivity contribution >= 4 is 19.7 Å². The molecule has 3 rings (SSSR count). The summed E-state index contributed by atoms with van der Waals surface area (Å²) in [5.74, 6) is 0. The zero-order valence-electron chi connectivity index (χ0n) is 16.7. The van der Waals surface area contributed by atoms with Crippen molar-refractivity contribution in [2.45, 2.75) is 39.9 Å². The lowest BCUT2D eigenvalue weighted by Gasteiger charge is -2.21. The number of hydrogen-bond acceptors (Lipinski definition) is 6. The van der Waals surface area contributed by atoms with E-state index in [1.54, 1.807) is 36.4 Å². The molecule has 0 aliphatic rings. The molecule has 3 aromatic rings. The zero-order valence-corrected chi connectivity index (χ0v) is 18.3. The van der Waals surface area contributed by atoms with Crippen LogP contribution in [0.1, 0.15) is 22.7 Å². The quantitative estimate of drug-likeness (QED) is 0.603. The average Bonchev–Trinajstić information content (AvgIpc) is 2.73. The molecule has 0 amide bonds. The van der Waals surface area contributed by atoms with Gasteiger partial charge >= 0.3 is 0 Å². The maximum Gasteiger partial charge on any atom is 0.206 e. The van der Waals surface area contributed by atoms with Crippen LogP contribution >= 0.6 is 0 Å². The number of hydrogen-bond donors (Lipinski definition) is 2. The van der Waals surface area contributed by atoms with Crippen LogP contribution < -0.4 is 11.5 Å². The van der Waals surface area contributed by atoms with Gasteiger partial charge < -0.3 is 11.5 Å². The summed E-state index contributed by atoms with van der Waals surface area (Å²) < 4.78 is 51.2. The smallest absolute Gasteiger partial charge is 0.206 e. The van der Waals surface area contributed by atoms with E-state index in [1.807, 2.05) is 13.8 Å². The van der Waals surface area contributed by atoms with Gasteiger partial charge in [0.2, 0.25) is 9.84 Å². The average molecular weight is 445 g/mol. The van der Waals surface area contributed by atoms with Gasteiger partial charge in [0.1, 0.15) is 5.37 Å². The van der Waals surface area contributed by atoms with Crippen molar-refractivity contribution in [2.24, 2.45) is 11.5 Å². The molecule has 0 fully saturated rings. The normalized spacial score (nSPS) is 14.3. The summed E-state index contributed by atoms with van der Waals surface area (Å²) in [6.45, 7) is 3.73. The van der Waals surface area contributed by atoms with E-state index in [0.29, 0.717) is 5.56 Å². The summed E-state index contributed by atoms with van der Waals surface area (Å²) in [5.41, 5.74) is 14.4. The molecule has 0 aromatic heterocycles. The van der Waals surface area contributed by atoms with Crippen LogP contribution in [0.25, 0.3) is 0 Å². The van der Waals surface area contributed by atoms with Gasteiger partial charge in [-0.2, -0.15) is 0 Å². The third-order valence-electron chi connectivity index (χ3n) is 4.97. The van der Waals surface area contributed by atoms with Crippen molar-refractivity contribution < 1.29 is 16.8 Å². The molecule has 6 nitrogen and oxygen atoms in total. The first kappa shape index (κ1) is 22.2. The van der Waals surface area contributed by atoms with Gasteiger partial charge in [0.05, 0.1) is 20.7 Å². The Balaban J connectivity index is 1.86. The molecule has 8 heteroatoms. The number of nitrogens with two attached hydrogens (primary N) is 2. The van der Waals surface area contributed by atoms with Crippen LogP contribution in [0, 0.1) is 13.8 Å². The van der Waals surface area contributed by atoms with Crippen molar-refractivity contribution in [3.63, 3.8) is 0 Å². The Bertz CT molecular complexity index is 1230. The van der Waals surface area contributed by atoms with E-state index in [2.05, 4.69) is 0 Å². The Kier molecular flexibility index (Phi) is 6.14. The topological polar surface area (TPSA) is 120 Å². The summed E-state index contributed by atoms with van der Waals surface area (Å²) in [7, 11) is -7.54. The SMILES string of the molecule is Cc1ccc(S(=O)(=O)c2ccc(C(N)[C@H](N)S(=O)(=O)c3ccc(C)cc3)cc2)cc1. The zero-order chi connectivity index (χ0) is 22.1. The summed E-state index contributed by atoms with van der Waals surface area (Å²) in [6, 6.07) is 17.7. The second kappa shape index (κ2) is 8.31. The number of rotatable bonds is 6. The lowest BCUT2D eigenvalue weighted by atomic mass is 10.1. The minimum absolute atomic E-state index is 0.0922. The highest BCUT2D eigenvalue weighted by Gasteiger charge is 2.30. The molecule has 30 heavy (non-hydrogen) atoms. The minimum Gasteiger partial charge on any atom is -0.322 e. The Morgan fingerprint density at radius 2 is 0.967 bits per heavy atom. The maximum atomic E-state index is 12.8. The molecule has 3 aromatic carbocycles. The summed E-state index contributed by atoms with van der Waals surface area (Å²) in [4.78, 5) is 0.371. The first-order valence-corrected chi connectivity index (χ1v) is 12.3. The molecule has 0 aliphatic heterocycles. The number of sulfone groups is 2. The molecule has 0 aliphatic carbocycles. The number of benzene rings is 3. The van der Waals surface area contributed by atoms with E-state index in [-0.39, 0.29) is 14.7 Å². The summed E-state index contributed by atoms with van der Waals surface area (Å²) in [5, 5.41) is -1.38. The van der Waals surface area contributed by atoms with Gasteiger partial charge in [0.25, 0.3) is 0 Å². The second-order valence-corrected chi connectivity index (χ2v) is 11.3. The molecule has 0 bridgehead atoms. The molecule has 1 unspecified atom stereocenters. The molecule has 158 valence electrons. The van der Waals surface area contributed by atoms with Crippen LogP contribution in [0.15, 0.2) is 87.5 Å². The van der Waals surface area contributed by atoms with E-state index < -0.39 is 31.1 Å². The number of aryl methyl sites for hydroxylation is 2. The fourth-order valence-corrected chi connectivity index (χ4v) is 5.62. The predicted molar refractivity (Wildman–Crippen MR) is 116 cm³/mol. The standard InChI is InChI=1S/C22H24N2O4S2/c1-15-3-9-18(10-4-15)29(25,26)19-13-7-17(8-14-19)21(23)22(24)30(27,28)20-11-5-16(2)6-12-20/h3-14,21-22H,23-24H2,1-2H3/t21?,22-/m1/s1. The molecule has 0 spiro atoms. The first-order chi connectivity index (χ1) is 14.0. The van der Waals surface area contributed by atoms with Crippen molar-refractivity contribution in [2.75, 3.05) is 0 Å². The van der Waals surface area contributed by atoms with Gasteiger partial charge in [0, 0.05) is 0 Å². The Labute approximate surface area is 177 Å². The molecule has 0 radical (unpaired) electrons. The molecule has 0 saturated heterocycles. The van der Waals surface area contributed by atoms with Crippen molar-refractivity contribution in [3.8, 4) is 0 Å². The van der Waals surface area contributed by atoms with Gasteiger partial charge in [-0.3, -0.25) is 0 Å². The van der Waals surface area contributed by atoms with E-state index in [9.17, 15) is 16.8 Å². The van der Waals surface area contributed by atoms with Crippen molar-refractivity contribution in [1.82, 2.24) is 0 Å². The van der Waals surface area contributed by atoms with Crippen LogP contribution in [-0.4, -0.2) is 22.2 Å². The largest absolute Gasteiger partial charge is 0.322 e. The third kappa shape index (κ3) is 4.32. The van der Waals surface area contributed by atoms with Gasteiger partial charge in [-0.15, -0.1) is 0 Å². The van der Waals surface area contributed by atoms with Crippen LogP contribution in [0.3, 0.4) is 0 Å². The molecular formula is C22H24N2O4S2. The van der Waals surface area contributed by atoms with Gasteiger partial charge in [0.15, 0.2) is 9.84 Å². The molecule has 0 saturated carbocycles.